The molecule has 0 saturated heterocycles. The van der Waals surface area contributed by atoms with Gasteiger partial charge in [0.1, 0.15) is 0 Å². The summed E-state index contributed by atoms with van der Waals surface area (Å²) in [5, 5.41) is 0. The van der Waals surface area contributed by atoms with E-state index >= 15 is 0 Å². The van der Waals surface area contributed by atoms with Crippen molar-refractivity contribution in [2.75, 3.05) is 6.61 Å². The molecular weight excluding hydrogens is 287 g/mol. The second-order valence-corrected chi connectivity index (χ2v) is 2.77. The summed E-state index contributed by atoms with van der Waals surface area (Å²) < 4.78 is 4.81. The number of rotatable bonds is 3. The van der Waals surface area contributed by atoms with Crippen molar-refractivity contribution in [3.63, 3.8) is 0 Å². The van der Waals surface area contributed by atoms with Gasteiger partial charge in [0, 0.05) is 42.2 Å². The molecule has 1 rings (SSSR count). The summed E-state index contributed by atoms with van der Waals surface area (Å²) in [6.07, 6.45) is 3.96. The van der Waals surface area contributed by atoms with Crippen molar-refractivity contribution in [3.8, 4) is 0 Å². The molecule has 0 bridgehead atoms. The Morgan fingerprint density at radius 1 is 1.36 bits per heavy atom. The molecule has 0 spiro atoms. The third-order valence-electron chi connectivity index (χ3n) is 1.54. The molecule has 0 aliphatic carbocycles. The maximum absolute atomic E-state index is 4.81. The van der Waals surface area contributed by atoms with E-state index in [1.165, 1.54) is 0 Å². The summed E-state index contributed by atoms with van der Waals surface area (Å²) >= 11 is 0. The van der Waals surface area contributed by atoms with Crippen LogP contribution in [0.3, 0.4) is 0 Å². The summed E-state index contributed by atoms with van der Waals surface area (Å²) in [7, 11) is 2.21. The molecule has 1 aromatic carbocycles. The Hall–Kier alpha value is 0.754. The molecule has 0 aromatic heterocycles. The first-order valence-electron chi connectivity index (χ1n) is 3.74. The maximum atomic E-state index is 4.81. The fraction of sp³-hybridized carbons (Fsp3) is 0.100. The van der Waals surface area contributed by atoms with E-state index in [0.717, 1.165) is 11.1 Å². The zero-order chi connectivity index (χ0) is 8.81. The van der Waals surface area contributed by atoms with Crippen LogP contribution in [0, 0.1) is 6.92 Å². The van der Waals surface area contributed by atoms with Gasteiger partial charge in [-0.1, -0.05) is 12.1 Å². The number of hydrogen-bond donors (Lipinski definition) is 0. The second kappa shape index (κ2) is 10.3. The Balaban J connectivity index is 0. The first-order valence-corrected chi connectivity index (χ1v) is 4.21. The third kappa shape index (κ3) is 6.28. The third-order valence-corrected chi connectivity index (χ3v) is 1.74. The van der Waals surface area contributed by atoms with Crippen LogP contribution in [-0.2, 0) is 37.2 Å². The van der Waals surface area contributed by atoms with Crippen LogP contribution in [0.1, 0.15) is 11.1 Å². The van der Waals surface area contributed by atoms with Crippen LogP contribution in [-0.4, -0.2) is 6.61 Å². The van der Waals surface area contributed by atoms with Gasteiger partial charge < -0.3 is 4.52 Å². The maximum Gasteiger partial charge on any atom is 0.0676 e. The van der Waals surface area contributed by atoms with E-state index in [9.17, 15) is 0 Å². The Labute approximate surface area is 117 Å². The van der Waals surface area contributed by atoms with Crippen molar-refractivity contribution in [3.05, 3.63) is 48.4 Å². The molecule has 2 unspecified atom stereocenters. The SMILES string of the molecule is P.[CH2-]c1ccccc1/C=C/COP.[Y]. The summed E-state index contributed by atoms with van der Waals surface area (Å²) in [4.78, 5) is 0. The van der Waals surface area contributed by atoms with E-state index < -0.39 is 0 Å². The van der Waals surface area contributed by atoms with E-state index in [1.54, 1.807) is 0 Å². The van der Waals surface area contributed by atoms with E-state index in [0.29, 0.717) is 6.61 Å². The smallest absolute Gasteiger partial charge is 0.0676 e. The van der Waals surface area contributed by atoms with Crippen molar-refractivity contribution in [1.82, 2.24) is 0 Å². The van der Waals surface area contributed by atoms with Gasteiger partial charge in [0.2, 0.25) is 0 Å². The zero-order valence-electron chi connectivity index (χ0n) is 8.15. The van der Waals surface area contributed by atoms with Crippen LogP contribution < -0.4 is 0 Å². The van der Waals surface area contributed by atoms with Gasteiger partial charge in [0.25, 0.3) is 0 Å². The molecule has 75 valence electrons. The van der Waals surface area contributed by atoms with Crippen LogP contribution in [0.5, 0.6) is 0 Å². The minimum Gasteiger partial charge on any atom is -0.362 e. The second-order valence-electron chi connectivity index (χ2n) is 2.43. The average molecular weight is 302 g/mol. The first kappa shape index (κ1) is 17.2. The monoisotopic (exact) mass is 302 g/mol. The van der Waals surface area contributed by atoms with Crippen LogP contribution in [0.4, 0.5) is 0 Å². The van der Waals surface area contributed by atoms with Gasteiger partial charge >= 0.3 is 0 Å². The molecule has 0 heterocycles. The average Bonchev–Trinajstić information content (AvgIpc) is 2.09. The van der Waals surface area contributed by atoms with Crippen LogP contribution in [0.25, 0.3) is 6.08 Å². The van der Waals surface area contributed by atoms with E-state index in [2.05, 4.69) is 16.4 Å². The molecule has 0 fully saturated rings. The normalized spacial score (nSPS) is 9.21. The Bertz CT molecular complexity index is 277. The van der Waals surface area contributed by atoms with Gasteiger partial charge in [-0.2, -0.15) is 28.5 Å². The predicted molar refractivity (Wildman–Crippen MR) is 66.7 cm³/mol. The summed E-state index contributed by atoms with van der Waals surface area (Å²) in [5.74, 6) is 0. The molecule has 0 aliphatic rings. The minimum absolute atomic E-state index is 0. The van der Waals surface area contributed by atoms with Crippen molar-refractivity contribution in [1.29, 1.82) is 0 Å². The van der Waals surface area contributed by atoms with E-state index in [-0.39, 0.29) is 42.6 Å². The van der Waals surface area contributed by atoms with Gasteiger partial charge in [-0.3, -0.25) is 0 Å². The molecule has 0 amide bonds. The topological polar surface area (TPSA) is 9.23 Å². The zero-order valence-corrected chi connectivity index (χ0v) is 13.6. The predicted octanol–water partition coefficient (Wildman–Crippen LogP) is 2.74. The first-order chi connectivity index (χ1) is 5.84. The molecule has 4 heteroatoms. The van der Waals surface area contributed by atoms with Gasteiger partial charge in [0.15, 0.2) is 0 Å². The molecule has 0 aliphatic heterocycles. The number of hydrogen-bond acceptors (Lipinski definition) is 1. The fourth-order valence-corrected chi connectivity index (χ4v) is 1.04. The van der Waals surface area contributed by atoms with Crippen LogP contribution >= 0.6 is 19.4 Å². The van der Waals surface area contributed by atoms with Gasteiger partial charge in [-0.15, -0.1) is 23.8 Å². The summed E-state index contributed by atoms with van der Waals surface area (Å²) in [5.41, 5.74) is 2.18. The molecule has 14 heavy (non-hydrogen) atoms. The minimum atomic E-state index is 0. The molecule has 0 saturated carbocycles. The molecule has 0 N–H and O–H groups in total. The van der Waals surface area contributed by atoms with Crippen LogP contribution in [0.15, 0.2) is 30.3 Å². The summed E-state index contributed by atoms with van der Waals surface area (Å²) in [6.45, 7) is 4.51. The van der Waals surface area contributed by atoms with Crippen molar-refractivity contribution in [2.45, 2.75) is 0 Å². The van der Waals surface area contributed by atoms with Gasteiger partial charge in [-0.25, -0.2) is 0 Å². The quantitative estimate of drug-likeness (QED) is 0.616. The van der Waals surface area contributed by atoms with Gasteiger partial charge in [0.05, 0.1) is 6.61 Å². The standard InChI is InChI=1S/C10H12OP.H3P.Y/c1-9-5-2-3-6-10(9)7-4-8-11-12;;/h2-7H,1,8,12H2;1H3;/q-1;;/b7-4+;;. The van der Waals surface area contributed by atoms with E-state index in [4.69, 9.17) is 4.52 Å². The van der Waals surface area contributed by atoms with Crippen molar-refractivity contribution < 1.29 is 37.2 Å². The Morgan fingerprint density at radius 2 is 2.00 bits per heavy atom. The van der Waals surface area contributed by atoms with E-state index in [1.807, 2.05) is 36.4 Å². The van der Waals surface area contributed by atoms with Crippen molar-refractivity contribution in [2.24, 2.45) is 0 Å². The largest absolute Gasteiger partial charge is 0.362 e. The van der Waals surface area contributed by atoms with Crippen LogP contribution in [0.2, 0.25) is 0 Å². The molecular formula is C10H15OP2Y-. The summed E-state index contributed by atoms with van der Waals surface area (Å²) in [6, 6.07) is 7.99. The Kier molecular flexibility index (Phi) is 12.6. The van der Waals surface area contributed by atoms with Crippen molar-refractivity contribution >= 4 is 25.4 Å². The molecule has 1 nitrogen and oxygen atoms in total. The molecule has 1 radical (unpaired) electrons. The Morgan fingerprint density at radius 3 is 2.57 bits per heavy atom. The molecule has 2 atom stereocenters. The molecule has 1 aromatic rings. The van der Waals surface area contributed by atoms with Gasteiger partial charge in [-0.05, 0) is 0 Å². The number of benzene rings is 1. The fourth-order valence-electron chi connectivity index (χ4n) is 0.927.